The Balaban J connectivity index is 1.47. The Morgan fingerprint density at radius 2 is 1.07 bits per heavy atom. The number of hydrazine groups is 2. The third kappa shape index (κ3) is 5.17. The molecule has 138 valence electrons. The van der Waals surface area contributed by atoms with E-state index in [2.05, 4.69) is 66.9 Å². The van der Waals surface area contributed by atoms with E-state index in [1.54, 1.807) is 0 Å². The summed E-state index contributed by atoms with van der Waals surface area (Å²) in [6, 6.07) is 12.5. The van der Waals surface area contributed by atoms with Gasteiger partial charge in [-0.3, -0.25) is 15.0 Å². The highest BCUT2D eigenvalue weighted by Crippen LogP contribution is 2.18. The molecule has 0 amide bonds. The van der Waals surface area contributed by atoms with Crippen molar-refractivity contribution in [3.63, 3.8) is 0 Å². The standard InChI is InChI=1S/C21H24N6/c1-7-22-8-2-18(1)13-21-16-26(14-19-3-9-23-10-4-19)25-27(17-21)15-20-5-11-24-12-6-20/h1-12,21,25H,13-17H2. The van der Waals surface area contributed by atoms with Crippen LogP contribution in [0.15, 0.2) is 73.6 Å². The highest BCUT2D eigenvalue weighted by Gasteiger charge is 2.25. The first kappa shape index (κ1) is 17.7. The van der Waals surface area contributed by atoms with Crippen LogP contribution in [-0.4, -0.2) is 38.1 Å². The largest absolute Gasteiger partial charge is 0.265 e. The minimum absolute atomic E-state index is 0.539. The number of hydrogen-bond donors (Lipinski definition) is 1. The fraction of sp³-hybridized carbons (Fsp3) is 0.286. The monoisotopic (exact) mass is 360 g/mol. The van der Waals surface area contributed by atoms with Crippen molar-refractivity contribution in [1.29, 1.82) is 0 Å². The first-order chi connectivity index (χ1) is 13.3. The highest BCUT2D eigenvalue weighted by molar-refractivity contribution is 5.13. The molecule has 0 bridgehead atoms. The zero-order chi connectivity index (χ0) is 18.3. The fourth-order valence-electron chi connectivity index (χ4n) is 3.56. The number of nitrogens with one attached hydrogen (secondary N) is 1. The molecule has 1 N–H and O–H groups in total. The van der Waals surface area contributed by atoms with Gasteiger partial charge in [-0.1, -0.05) is 0 Å². The first-order valence-corrected chi connectivity index (χ1v) is 9.28. The van der Waals surface area contributed by atoms with Crippen LogP contribution in [-0.2, 0) is 19.5 Å². The van der Waals surface area contributed by atoms with E-state index in [9.17, 15) is 0 Å². The summed E-state index contributed by atoms with van der Waals surface area (Å²) in [5.74, 6) is 0.539. The summed E-state index contributed by atoms with van der Waals surface area (Å²) in [6.45, 7) is 3.69. The molecular weight excluding hydrogens is 336 g/mol. The Bertz CT molecular complexity index is 693. The van der Waals surface area contributed by atoms with E-state index in [1.165, 1.54) is 16.7 Å². The van der Waals surface area contributed by atoms with Gasteiger partial charge >= 0.3 is 0 Å². The second-order valence-electron chi connectivity index (χ2n) is 7.00. The molecule has 0 saturated carbocycles. The van der Waals surface area contributed by atoms with Crippen LogP contribution in [0.5, 0.6) is 0 Å². The summed E-state index contributed by atoms with van der Waals surface area (Å²) < 4.78 is 0. The second kappa shape index (κ2) is 8.81. The van der Waals surface area contributed by atoms with Crippen molar-refractivity contribution in [2.45, 2.75) is 19.5 Å². The van der Waals surface area contributed by atoms with Gasteiger partial charge in [-0.25, -0.2) is 10.0 Å². The number of pyridine rings is 3. The van der Waals surface area contributed by atoms with Crippen LogP contribution in [0.3, 0.4) is 0 Å². The topological polar surface area (TPSA) is 57.2 Å². The van der Waals surface area contributed by atoms with Crippen molar-refractivity contribution in [1.82, 2.24) is 30.5 Å². The van der Waals surface area contributed by atoms with Crippen molar-refractivity contribution in [2.75, 3.05) is 13.1 Å². The third-order valence-corrected chi connectivity index (χ3v) is 4.76. The maximum absolute atomic E-state index is 4.14. The summed E-state index contributed by atoms with van der Waals surface area (Å²) in [4.78, 5) is 12.4. The zero-order valence-electron chi connectivity index (χ0n) is 15.3. The molecule has 3 aromatic heterocycles. The summed E-state index contributed by atoms with van der Waals surface area (Å²) in [7, 11) is 0. The van der Waals surface area contributed by atoms with Gasteiger partial charge in [-0.15, -0.1) is 0 Å². The minimum Gasteiger partial charge on any atom is -0.265 e. The summed E-state index contributed by atoms with van der Waals surface area (Å²) >= 11 is 0. The molecule has 0 aromatic carbocycles. The molecule has 4 rings (SSSR count). The van der Waals surface area contributed by atoms with Gasteiger partial charge in [0.25, 0.3) is 0 Å². The third-order valence-electron chi connectivity index (χ3n) is 4.76. The molecule has 1 saturated heterocycles. The highest BCUT2D eigenvalue weighted by atomic mass is 15.8. The van der Waals surface area contributed by atoms with Crippen LogP contribution < -0.4 is 5.53 Å². The molecule has 4 heterocycles. The number of nitrogens with zero attached hydrogens (tertiary/aromatic N) is 5. The second-order valence-corrected chi connectivity index (χ2v) is 7.00. The Kier molecular flexibility index (Phi) is 5.79. The van der Waals surface area contributed by atoms with Gasteiger partial charge in [0.1, 0.15) is 0 Å². The molecule has 1 aliphatic heterocycles. The zero-order valence-corrected chi connectivity index (χ0v) is 15.3. The van der Waals surface area contributed by atoms with Crippen LogP contribution in [0.25, 0.3) is 0 Å². The Morgan fingerprint density at radius 3 is 1.52 bits per heavy atom. The van der Waals surface area contributed by atoms with Gasteiger partial charge in [0, 0.05) is 63.4 Å². The Hall–Kier alpha value is -2.67. The van der Waals surface area contributed by atoms with E-state index >= 15 is 0 Å². The SMILES string of the molecule is c1cc(CC2CN(Cc3ccncc3)NN(Cc3ccncc3)C2)ccn1. The van der Waals surface area contributed by atoms with Crippen LogP contribution in [0.2, 0.25) is 0 Å². The average Bonchev–Trinajstić information content (AvgIpc) is 2.70. The Labute approximate surface area is 159 Å². The van der Waals surface area contributed by atoms with E-state index in [0.29, 0.717) is 5.92 Å². The van der Waals surface area contributed by atoms with Gasteiger partial charge in [0.15, 0.2) is 0 Å². The number of aromatic nitrogens is 3. The van der Waals surface area contributed by atoms with Crippen molar-refractivity contribution >= 4 is 0 Å². The molecule has 27 heavy (non-hydrogen) atoms. The smallest absolute Gasteiger partial charge is 0.0396 e. The van der Waals surface area contributed by atoms with Crippen molar-refractivity contribution in [2.24, 2.45) is 5.92 Å². The molecule has 0 unspecified atom stereocenters. The van der Waals surface area contributed by atoms with Crippen molar-refractivity contribution < 1.29 is 0 Å². The van der Waals surface area contributed by atoms with E-state index in [4.69, 9.17) is 0 Å². The first-order valence-electron chi connectivity index (χ1n) is 9.28. The molecule has 1 fully saturated rings. The van der Waals surface area contributed by atoms with E-state index in [-0.39, 0.29) is 0 Å². The molecule has 6 nitrogen and oxygen atoms in total. The molecule has 6 heteroatoms. The van der Waals surface area contributed by atoms with Crippen LogP contribution in [0.4, 0.5) is 0 Å². The van der Waals surface area contributed by atoms with E-state index in [0.717, 1.165) is 32.6 Å². The normalized spacial score (nSPS) is 16.4. The van der Waals surface area contributed by atoms with Crippen molar-refractivity contribution in [3.8, 4) is 0 Å². The predicted octanol–water partition coefficient (Wildman–Crippen LogP) is 2.47. The quantitative estimate of drug-likeness (QED) is 0.729. The van der Waals surface area contributed by atoms with Crippen LogP contribution in [0.1, 0.15) is 16.7 Å². The molecule has 3 aromatic rings. The number of hydrogen-bond acceptors (Lipinski definition) is 6. The Morgan fingerprint density at radius 1 is 0.667 bits per heavy atom. The van der Waals surface area contributed by atoms with Crippen LogP contribution in [0, 0.1) is 5.92 Å². The van der Waals surface area contributed by atoms with Gasteiger partial charge in [-0.2, -0.15) is 5.53 Å². The lowest BCUT2D eigenvalue weighted by Crippen LogP contribution is -2.58. The van der Waals surface area contributed by atoms with Crippen molar-refractivity contribution in [3.05, 3.63) is 90.3 Å². The van der Waals surface area contributed by atoms with Gasteiger partial charge < -0.3 is 0 Å². The summed E-state index contributed by atoms with van der Waals surface area (Å²) in [5.41, 5.74) is 7.43. The lowest BCUT2D eigenvalue weighted by molar-refractivity contribution is -0.0540. The summed E-state index contributed by atoms with van der Waals surface area (Å²) in [6.07, 6.45) is 12.2. The molecular formula is C21H24N6. The predicted molar refractivity (Wildman–Crippen MR) is 104 cm³/mol. The lowest BCUT2D eigenvalue weighted by Gasteiger charge is -2.41. The van der Waals surface area contributed by atoms with Gasteiger partial charge in [0.05, 0.1) is 0 Å². The molecule has 0 atom stereocenters. The average molecular weight is 360 g/mol. The van der Waals surface area contributed by atoms with E-state index in [1.807, 2.05) is 37.2 Å². The molecule has 0 aliphatic carbocycles. The minimum atomic E-state index is 0.539. The summed E-state index contributed by atoms with van der Waals surface area (Å²) in [5, 5.41) is 4.60. The number of rotatable bonds is 6. The van der Waals surface area contributed by atoms with E-state index < -0.39 is 0 Å². The maximum atomic E-state index is 4.14. The maximum Gasteiger partial charge on any atom is 0.0396 e. The molecule has 0 spiro atoms. The molecule has 0 radical (unpaired) electrons. The van der Waals surface area contributed by atoms with Crippen LogP contribution >= 0.6 is 0 Å². The fourth-order valence-corrected chi connectivity index (χ4v) is 3.56. The molecule has 1 aliphatic rings. The van der Waals surface area contributed by atoms with Gasteiger partial charge in [-0.05, 0) is 65.4 Å². The van der Waals surface area contributed by atoms with Gasteiger partial charge in [0.2, 0.25) is 0 Å². The lowest BCUT2D eigenvalue weighted by atomic mass is 9.98.